The Hall–Kier alpha value is -4.10. The van der Waals surface area contributed by atoms with Crippen molar-refractivity contribution in [2.75, 3.05) is 11.9 Å². The van der Waals surface area contributed by atoms with Crippen LogP contribution in [0, 0.1) is 0 Å². The first-order valence-corrected chi connectivity index (χ1v) is 11.0. The Labute approximate surface area is 201 Å². The molecule has 0 unspecified atom stereocenters. The Morgan fingerprint density at radius 1 is 0.912 bits per heavy atom. The predicted molar refractivity (Wildman–Crippen MR) is 129 cm³/mol. The first kappa shape index (κ1) is 23.1. The van der Waals surface area contributed by atoms with Crippen LogP contribution in [0.3, 0.4) is 0 Å². The largest absolute Gasteiger partial charge is 0.486 e. The molecule has 0 aliphatic carbocycles. The Bertz CT molecular complexity index is 1260. The highest BCUT2D eigenvalue weighted by atomic mass is 35.5. The molecule has 34 heavy (non-hydrogen) atoms. The van der Waals surface area contributed by atoms with Gasteiger partial charge in [-0.25, -0.2) is 0 Å². The molecule has 0 aliphatic rings. The van der Waals surface area contributed by atoms with Crippen molar-refractivity contribution in [2.45, 2.75) is 13.0 Å². The molecule has 1 heterocycles. The predicted octanol–water partition coefficient (Wildman–Crippen LogP) is 5.13. The maximum absolute atomic E-state index is 12.3. The molecule has 7 nitrogen and oxygen atoms in total. The van der Waals surface area contributed by atoms with Crippen LogP contribution in [0.4, 0.5) is 5.69 Å². The number of hydrogen-bond donors (Lipinski definition) is 2. The van der Waals surface area contributed by atoms with Crippen LogP contribution in [-0.2, 0) is 13.0 Å². The molecule has 2 amide bonds. The Morgan fingerprint density at radius 2 is 1.71 bits per heavy atom. The second-order valence-electron chi connectivity index (χ2n) is 7.45. The molecule has 0 atom stereocenters. The van der Waals surface area contributed by atoms with E-state index in [9.17, 15) is 9.59 Å². The third-order valence-electron chi connectivity index (χ3n) is 4.91. The highest BCUT2D eigenvalue weighted by molar-refractivity contribution is 6.31. The molecule has 0 bridgehead atoms. The van der Waals surface area contributed by atoms with Crippen molar-refractivity contribution in [3.8, 4) is 5.75 Å². The van der Waals surface area contributed by atoms with Crippen molar-refractivity contribution >= 4 is 29.1 Å². The van der Waals surface area contributed by atoms with Gasteiger partial charge >= 0.3 is 0 Å². The quantitative estimate of drug-likeness (QED) is 0.350. The molecule has 0 spiro atoms. The molecule has 4 aromatic rings. The van der Waals surface area contributed by atoms with E-state index >= 15 is 0 Å². The molecule has 4 rings (SSSR count). The van der Waals surface area contributed by atoms with E-state index < -0.39 is 0 Å². The van der Waals surface area contributed by atoms with Gasteiger partial charge in [0.25, 0.3) is 11.8 Å². The highest BCUT2D eigenvalue weighted by Gasteiger charge is 2.13. The number of benzene rings is 3. The summed E-state index contributed by atoms with van der Waals surface area (Å²) in [7, 11) is 0. The number of hydrogen-bond acceptors (Lipinski definition) is 5. The van der Waals surface area contributed by atoms with Crippen molar-refractivity contribution in [3.05, 3.63) is 113 Å². The van der Waals surface area contributed by atoms with E-state index in [-0.39, 0.29) is 24.1 Å². The molecule has 1 aromatic heterocycles. The van der Waals surface area contributed by atoms with Gasteiger partial charge in [-0.05, 0) is 54.4 Å². The van der Waals surface area contributed by atoms with Crippen LogP contribution in [-0.4, -0.2) is 23.5 Å². The van der Waals surface area contributed by atoms with Crippen molar-refractivity contribution in [3.63, 3.8) is 0 Å². The monoisotopic (exact) mass is 475 g/mol. The fourth-order valence-corrected chi connectivity index (χ4v) is 3.36. The van der Waals surface area contributed by atoms with Crippen molar-refractivity contribution in [1.29, 1.82) is 0 Å². The molecule has 0 saturated heterocycles. The lowest BCUT2D eigenvalue weighted by atomic mass is 10.1. The number of halogens is 1. The molecular weight excluding hydrogens is 454 g/mol. The van der Waals surface area contributed by atoms with Crippen LogP contribution in [0.25, 0.3) is 0 Å². The summed E-state index contributed by atoms with van der Waals surface area (Å²) in [6.45, 7) is 0.611. The summed E-state index contributed by atoms with van der Waals surface area (Å²) in [5.41, 5.74) is 2.43. The molecule has 172 valence electrons. The van der Waals surface area contributed by atoms with Crippen LogP contribution in [0.5, 0.6) is 5.75 Å². The Kier molecular flexibility index (Phi) is 7.57. The lowest BCUT2D eigenvalue weighted by Gasteiger charge is -2.07. The van der Waals surface area contributed by atoms with Crippen LogP contribution in [0.2, 0.25) is 5.02 Å². The molecule has 0 fully saturated rings. The second-order valence-corrected chi connectivity index (χ2v) is 7.88. The average molecular weight is 476 g/mol. The lowest BCUT2D eigenvalue weighted by Crippen LogP contribution is -2.25. The number of rotatable bonds is 9. The van der Waals surface area contributed by atoms with Gasteiger partial charge < -0.3 is 19.9 Å². The minimum Gasteiger partial charge on any atom is -0.486 e. The highest BCUT2D eigenvalue weighted by Crippen LogP contribution is 2.19. The standard InChI is InChI=1S/C26H22ClN3O4/c27-20-8-4-7-19(15-20)25(31)29-21-9-11-22(12-10-21)33-17-23-16-24(30-34-23)26(32)28-14-13-18-5-2-1-3-6-18/h1-12,15-16H,13-14,17H2,(H,28,32)(H,29,31). The summed E-state index contributed by atoms with van der Waals surface area (Å²) < 4.78 is 10.9. The van der Waals surface area contributed by atoms with Crippen molar-refractivity contribution in [2.24, 2.45) is 0 Å². The summed E-state index contributed by atoms with van der Waals surface area (Å²) in [5, 5.41) is 9.94. The Balaban J connectivity index is 1.24. The van der Waals surface area contributed by atoms with Gasteiger partial charge in [-0.3, -0.25) is 9.59 Å². The van der Waals surface area contributed by atoms with Crippen LogP contribution in [0.1, 0.15) is 32.2 Å². The smallest absolute Gasteiger partial charge is 0.273 e. The summed E-state index contributed by atoms with van der Waals surface area (Å²) in [5.74, 6) is 0.440. The van der Waals surface area contributed by atoms with E-state index in [1.54, 1.807) is 54.6 Å². The number of ether oxygens (including phenoxy) is 1. The maximum atomic E-state index is 12.3. The molecule has 0 aliphatic heterocycles. The van der Waals surface area contributed by atoms with Gasteiger partial charge in [-0.2, -0.15) is 0 Å². The third kappa shape index (κ3) is 6.46. The number of amides is 2. The van der Waals surface area contributed by atoms with Crippen molar-refractivity contribution < 1.29 is 18.8 Å². The van der Waals surface area contributed by atoms with Gasteiger partial charge in [0, 0.05) is 28.9 Å². The maximum Gasteiger partial charge on any atom is 0.273 e. The van der Waals surface area contributed by atoms with Gasteiger partial charge in [-0.1, -0.05) is 53.2 Å². The van der Waals surface area contributed by atoms with E-state index in [2.05, 4.69) is 15.8 Å². The molecular formula is C26H22ClN3O4. The number of carbonyl (C=O) groups is 2. The molecule has 8 heteroatoms. The second kappa shape index (κ2) is 11.2. The molecule has 0 radical (unpaired) electrons. The SMILES string of the molecule is O=C(Nc1ccc(OCc2cc(C(=O)NCCc3ccccc3)no2)cc1)c1cccc(Cl)c1. The summed E-state index contributed by atoms with van der Waals surface area (Å²) in [6, 6.07) is 25.1. The summed E-state index contributed by atoms with van der Waals surface area (Å²) in [4.78, 5) is 24.6. The zero-order valence-electron chi connectivity index (χ0n) is 18.2. The summed E-state index contributed by atoms with van der Waals surface area (Å²) >= 11 is 5.93. The first-order valence-electron chi connectivity index (χ1n) is 10.6. The van der Waals surface area contributed by atoms with E-state index in [0.29, 0.717) is 34.3 Å². The zero-order chi connectivity index (χ0) is 23.8. The fraction of sp³-hybridized carbons (Fsp3) is 0.115. The van der Waals surface area contributed by atoms with E-state index in [1.807, 2.05) is 30.3 Å². The number of aromatic nitrogens is 1. The van der Waals surface area contributed by atoms with Gasteiger partial charge in [0.15, 0.2) is 11.5 Å². The van der Waals surface area contributed by atoms with Crippen LogP contribution < -0.4 is 15.4 Å². The minimum atomic E-state index is -0.300. The van der Waals surface area contributed by atoms with Gasteiger partial charge in [0.1, 0.15) is 12.4 Å². The molecule has 3 aromatic carbocycles. The number of anilines is 1. The zero-order valence-corrected chi connectivity index (χ0v) is 18.9. The number of carbonyl (C=O) groups excluding carboxylic acids is 2. The van der Waals surface area contributed by atoms with E-state index in [4.69, 9.17) is 20.9 Å². The van der Waals surface area contributed by atoms with Crippen molar-refractivity contribution in [1.82, 2.24) is 10.5 Å². The van der Waals surface area contributed by atoms with Crippen LogP contribution in [0.15, 0.2) is 89.5 Å². The summed E-state index contributed by atoms with van der Waals surface area (Å²) in [6.07, 6.45) is 0.732. The van der Waals surface area contributed by atoms with E-state index in [1.165, 1.54) is 0 Å². The van der Waals surface area contributed by atoms with Crippen LogP contribution >= 0.6 is 11.6 Å². The minimum absolute atomic E-state index is 0.110. The third-order valence-corrected chi connectivity index (χ3v) is 5.15. The average Bonchev–Trinajstić information content (AvgIpc) is 3.33. The molecule has 0 saturated carbocycles. The lowest BCUT2D eigenvalue weighted by molar-refractivity contribution is 0.0944. The number of nitrogens with zero attached hydrogens (tertiary/aromatic N) is 1. The Morgan fingerprint density at radius 3 is 2.47 bits per heavy atom. The van der Waals surface area contributed by atoms with E-state index in [0.717, 1.165) is 12.0 Å². The van der Waals surface area contributed by atoms with Gasteiger partial charge in [-0.15, -0.1) is 0 Å². The normalized spacial score (nSPS) is 10.5. The fourth-order valence-electron chi connectivity index (χ4n) is 3.17. The van der Waals surface area contributed by atoms with Gasteiger partial charge in [0.05, 0.1) is 0 Å². The topological polar surface area (TPSA) is 93.5 Å². The molecule has 2 N–H and O–H groups in total. The number of nitrogens with one attached hydrogen (secondary N) is 2. The first-order chi connectivity index (χ1) is 16.6. The van der Waals surface area contributed by atoms with Gasteiger partial charge in [0.2, 0.25) is 0 Å².